The van der Waals surface area contributed by atoms with E-state index in [0.29, 0.717) is 5.41 Å². The molecule has 0 bridgehead atoms. The number of quaternary nitrogens is 3. The fourth-order valence-electron chi connectivity index (χ4n) is 8.46. The average molecular weight is 451 g/mol. The third-order valence-electron chi connectivity index (χ3n) is 9.65. The van der Waals surface area contributed by atoms with Crippen LogP contribution in [-0.2, 0) is 0 Å². The molecule has 0 aromatic heterocycles. The topological polar surface area (TPSA) is 0 Å². The number of likely N-dealkylation sites (tertiary alicyclic amines) is 3. The summed E-state index contributed by atoms with van der Waals surface area (Å²) >= 11 is 0. The van der Waals surface area contributed by atoms with E-state index in [2.05, 4.69) is 27.7 Å². The van der Waals surface area contributed by atoms with Gasteiger partial charge < -0.3 is 13.4 Å². The van der Waals surface area contributed by atoms with E-state index in [0.717, 1.165) is 0 Å². The van der Waals surface area contributed by atoms with Crippen molar-refractivity contribution in [3.63, 3.8) is 0 Å². The minimum Gasteiger partial charge on any atom is -0.323 e. The highest BCUT2D eigenvalue weighted by Gasteiger charge is 2.51. The largest absolute Gasteiger partial charge is 0.323 e. The third kappa shape index (κ3) is 6.95. The van der Waals surface area contributed by atoms with E-state index < -0.39 is 0 Å². The highest BCUT2D eigenvalue weighted by Crippen LogP contribution is 2.37. The quantitative estimate of drug-likeness (QED) is 0.260. The fourth-order valence-corrected chi connectivity index (χ4v) is 8.46. The molecule has 3 aliphatic rings. The molecule has 3 nitrogen and oxygen atoms in total. The lowest BCUT2D eigenvalue weighted by molar-refractivity contribution is -0.967. The van der Waals surface area contributed by atoms with Crippen molar-refractivity contribution in [1.82, 2.24) is 0 Å². The van der Waals surface area contributed by atoms with Gasteiger partial charge >= 0.3 is 0 Å². The van der Waals surface area contributed by atoms with E-state index in [1.807, 2.05) is 0 Å². The Hall–Kier alpha value is -0.120. The molecule has 0 saturated carbocycles. The highest BCUT2D eigenvalue weighted by molar-refractivity contribution is 4.79. The van der Waals surface area contributed by atoms with Crippen molar-refractivity contribution in [2.75, 3.05) is 78.5 Å². The van der Waals surface area contributed by atoms with Crippen molar-refractivity contribution in [3.8, 4) is 0 Å². The maximum absolute atomic E-state index is 2.78. The van der Waals surface area contributed by atoms with Gasteiger partial charge in [0.1, 0.15) is 5.41 Å². The summed E-state index contributed by atoms with van der Waals surface area (Å²) in [5.74, 6) is 0. The standard InChI is InChI=1S/C29H60N3/c1-5-8-17-30(20-11-12-21-30)26-29(4,27-31(18-9-6-2)22-13-14-23-31)28-32(19-10-7-3)24-15-16-25-32/h5-28H2,1-4H3/q+3. The van der Waals surface area contributed by atoms with E-state index in [1.54, 1.807) is 0 Å². The molecule has 3 rings (SSSR count). The van der Waals surface area contributed by atoms with Crippen LogP contribution in [0.1, 0.15) is 105 Å². The molecule has 0 aliphatic carbocycles. The molecule has 0 aromatic carbocycles. The molecule has 3 heterocycles. The van der Waals surface area contributed by atoms with Crippen molar-refractivity contribution >= 4 is 0 Å². The predicted molar refractivity (Wildman–Crippen MR) is 140 cm³/mol. The highest BCUT2D eigenvalue weighted by atomic mass is 15.4. The third-order valence-corrected chi connectivity index (χ3v) is 9.65. The Labute approximate surface area is 202 Å². The molecular formula is C29H60N3+3. The van der Waals surface area contributed by atoms with Crippen LogP contribution in [0.2, 0.25) is 0 Å². The minimum absolute atomic E-state index is 0.494. The lowest BCUT2D eigenvalue weighted by Gasteiger charge is -2.49. The zero-order valence-electron chi connectivity index (χ0n) is 22.8. The van der Waals surface area contributed by atoms with Gasteiger partial charge in [-0.1, -0.05) is 40.0 Å². The first-order valence-electron chi connectivity index (χ1n) is 15.0. The summed E-state index contributed by atoms with van der Waals surface area (Å²) in [6.07, 6.45) is 17.3. The lowest BCUT2D eigenvalue weighted by atomic mass is 9.84. The van der Waals surface area contributed by atoms with Gasteiger partial charge in [0.2, 0.25) is 0 Å². The van der Waals surface area contributed by atoms with E-state index >= 15 is 0 Å². The molecule has 0 aromatic rings. The molecule has 32 heavy (non-hydrogen) atoms. The second-order valence-corrected chi connectivity index (χ2v) is 13.0. The maximum atomic E-state index is 2.78. The first-order valence-corrected chi connectivity index (χ1v) is 15.0. The van der Waals surface area contributed by atoms with Crippen LogP contribution < -0.4 is 0 Å². The van der Waals surface area contributed by atoms with Crippen molar-refractivity contribution < 1.29 is 13.4 Å². The van der Waals surface area contributed by atoms with Gasteiger partial charge in [-0.2, -0.15) is 0 Å². The van der Waals surface area contributed by atoms with Gasteiger partial charge in [0, 0.05) is 38.5 Å². The number of hydrogen-bond acceptors (Lipinski definition) is 0. The van der Waals surface area contributed by atoms with E-state index in [4.69, 9.17) is 0 Å². The Balaban J connectivity index is 1.86. The first-order chi connectivity index (χ1) is 15.4. The Kier molecular flexibility index (Phi) is 9.95. The van der Waals surface area contributed by atoms with Crippen molar-refractivity contribution in [1.29, 1.82) is 0 Å². The first kappa shape index (κ1) is 26.5. The van der Waals surface area contributed by atoms with Gasteiger partial charge in [-0.25, -0.2) is 0 Å². The number of unbranched alkanes of at least 4 members (excludes halogenated alkanes) is 3. The second-order valence-electron chi connectivity index (χ2n) is 13.0. The van der Waals surface area contributed by atoms with E-state index in [1.165, 1.54) is 169 Å². The molecule has 0 amide bonds. The van der Waals surface area contributed by atoms with Gasteiger partial charge in [0.05, 0.1) is 78.5 Å². The Bertz CT molecular complexity index is 450. The zero-order valence-corrected chi connectivity index (χ0v) is 22.8. The monoisotopic (exact) mass is 450 g/mol. The molecule has 0 N–H and O–H groups in total. The van der Waals surface area contributed by atoms with Crippen LogP contribution in [0.3, 0.4) is 0 Å². The van der Waals surface area contributed by atoms with Crippen LogP contribution in [0.15, 0.2) is 0 Å². The summed E-state index contributed by atoms with van der Waals surface area (Å²) in [6, 6.07) is 0. The van der Waals surface area contributed by atoms with Gasteiger partial charge in [0.25, 0.3) is 0 Å². The van der Waals surface area contributed by atoms with E-state index in [9.17, 15) is 0 Å². The van der Waals surface area contributed by atoms with Gasteiger partial charge in [-0.3, -0.25) is 0 Å². The van der Waals surface area contributed by atoms with Crippen LogP contribution in [0, 0.1) is 5.41 Å². The molecule has 3 fully saturated rings. The maximum Gasteiger partial charge on any atom is 0.114 e. The smallest absolute Gasteiger partial charge is 0.114 e. The molecule has 3 saturated heterocycles. The van der Waals surface area contributed by atoms with Crippen LogP contribution in [0.5, 0.6) is 0 Å². The van der Waals surface area contributed by atoms with Gasteiger partial charge in [0.15, 0.2) is 0 Å². The van der Waals surface area contributed by atoms with Gasteiger partial charge in [-0.15, -0.1) is 0 Å². The van der Waals surface area contributed by atoms with Crippen molar-refractivity contribution in [3.05, 3.63) is 0 Å². The molecular weight excluding hydrogens is 390 g/mol. The average Bonchev–Trinajstić information content (AvgIpc) is 3.52. The minimum atomic E-state index is 0.494. The number of hydrogen-bond donors (Lipinski definition) is 0. The second kappa shape index (κ2) is 12.0. The number of nitrogens with zero attached hydrogens (tertiary/aromatic N) is 3. The molecule has 0 unspecified atom stereocenters. The molecule has 3 heteroatoms. The summed E-state index contributed by atoms with van der Waals surface area (Å²) in [5, 5.41) is 0. The summed E-state index contributed by atoms with van der Waals surface area (Å²) in [6.45, 7) is 27.6. The molecule has 0 atom stereocenters. The van der Waals surface area contributed by atoms with Crippen LogP contribution in [0.4, 0.5) is 0 Å². The summed E-state index contributed by atoms with van der Waals surface area (Å²) in [5.41, 5.74) is 0.494. The summed E-state index contributed by atoms with van der Waals surface area (Å²) in [4.78, 5) is 0. The molecule has 188 valence electrons. The Morgan fingerprint density at radius 1 is 0.469 bits per heavy atom. The predicted octanol–water partition coefficient (Wildman–Crippen LogP) is 6.22. The summed E-state index contributed by atoms with van der Waals surface area (Å²) < 4.78 is 4.39. The van der Waals surface area contributed by atoms with Crippen LogP contribution >= 0.6 is 0 Å². The zero-order chi connectivity index (χ0) is 23.0. The normalized spacial score (nSPS) is 24.4. The fraction of sp³-hybridized carbons (Fsp3) is 1.00. The van der Waals surface area contributed by atoms with Crippen LogP contribution in [0.25, 0.3) is 0 Å². The summed E-state index contributed by atoms with van der Waals surface area (Å²) in [7, 11) is 0. The number of rotatable bonds is 15. The SMILES string of the molecule is CCCC[N+]1(CC(C)(C[N+]2(CCCC)CCCC2)C[N+]2(CCCC)CCCC2)CCCC1. The Morgan fingerprint density at radius 2 is 0.719 bits per heavy atom. The van der Waals surface area contributed by atoms with Gasteiger partial charge in [-0.05, 0) is 26.2 Å². The van der Waals surface area contributed by atoms with Crippen LogP contribution in [-0.4, -0.2) is 92.0 Å². The van der Waals surface area contributed by atoms with Crippen molar-refractivity contribution in [2.45, 2.75) is 105 Å². The molecule has 0 spiro atoms. The Morgan fingerprint density at radius 3 is 0.938 bits per heavy atom. The lowest BCUT2D eigenvalue weighted by Crippen LogP contribution is -2.64. The molecule has 0 radical (unpaired) electrons. The molecule has 3 aliphatic heterocycles. The van der Waals surface area contributed by atoms with Crippen molar-refractivity contribution in [2.24, 2.45) is 5.41 Å². The van der Waals surface area contributed by atoms with E-state index in [-0.39, 0.29) is 0 Å².